The standard InChI is InChI=1S/C24H30N2O2/c1-24(2,3)20-10-6-7-11-21(20)25-22(27)18-12-14-19(15-13-18)23(28)26-16-8-4-5-9-17-26/h6-7,10-15H,4-5,8-9,16-17H2,1-3H3,(H,25,27). The number of benzene rings is 2. The molecule has 0 saturated carbocycles. The molecule has 0 radical (unpaired) electrons. The predicted octanol–water partition coefficient (Wildman–Crippen LogP) is 5.25. The Morgan fingerprint density at radius 2 is 1.39 bits per heavy atom. The van der Waals surface area contributed by atoms with Crippen LogP contribution in [0.1, 0.15) is 72.7 Å². The van der Waals surface area contributed by atoms with Gasteiger partial charge >= 0.3 is 0 Å². The van der Waals surface area contributed by atoms with Gasteiger partial charge in [0.2, 0.25) is 0 Å². The molecular weight excluding hydrogens is 348 g/mol. The van der Waals surface area contributed by atoms with Crippen LogP contribution in [0.25, 0.3) is 0 Å². The number of nitrogens with zero attached hydrogens (tertiary/aromatic N) is 1. The zero-order valence-corrected chi connectivity index (χ0v) is 17.1. The quantitative estimate of drug-likeness (QED) is 0.793. The molecule has 0 aromatic heterocycles. The molecule has 2 aromatic rings. The zero-order valence-electron chi connectivity index (χ0n) is 17.1. The molecular formula is C24H30N2O2. The summed E-state index contributed by atoms with van der Waals surface area (Å²) in [5.74, 6) is -0.0996. The molecule has 2 aromatic carbocycles. The molecule has 1 heterocycles. The number of hydrogen-bond donors (Lipinski definition) is 1. The Bertz CT molecular complexity index is 826. The number of hydrogen-bond acceptors (Lipinski definition) is 2. The minimum absolute atomic E-state index is 0.0620. The second-order valence-corrected chi connectivity index (χ2v) is 8.53. The fraction of sp³-hybridized carbons (Fsp3) is 0.417. The summed E-state index contributed by atoms with van der Waals surface area (Å²) in [5.41, 5.74) is 3.05. The maximum absolute atomic E-state index is 12.7. The SMILES string of the molecule is CC(C)(C)c1ccccc1NC(=O)c1ccc(C(=O)N2CCCCCC2)cc1. The first-order chi connectivity index (χ1) is 13.4. The van der Waals surface area contributed by atoms with Crippen molar-refractivity contribution in [1.82, 2.24) is 4.90 Å². The molecule has 0 bridgehead atoms. The van der Waals surface area contributed by atoms with Gasteiger partial charge in [-0.15, -0.1) is 0 Å². The summed E-state index contributed by atoms with van der Waals surface area (Å²) in [7, 11) is 0. The van der Waals surface area contributed by atoms with Gasteiger partial charge in [-0.2, -0.15) is 0 Å². The van der Waals surface area contributed by atoms with Crippen molar-refractivity contribution >= 4 is 17.5 Å². The summed E-state index contributed by atoms with van der Waals surface area (Å²) in [6, 6.07) is 14.9. The summed E-state index contributed by atoms with van der Waals surface area (Å²) >= 11 is 0. The van der Waals surface area contributed by atoms with Gasteiger partial charge in [-0.1, -0.05) is 51.8 Å². The smallest absolute Gasteiger partial charge is 0.255 e. The maximum Gasteiger partial charge on any atom is 0.255 e. The lowest BCUT2D eigenvalue weighted by Gasteiger charge is -2.23. The molecule has 1 aliphatic rings. The average molecular weight is 379 g/mol. The lowest BCUT2D eigenvalue weighted by Crippen LogP contribution is -2.31. The highest BCUT2D eigenvalue weighted by atomic mass is 16.2. The highest BCUT2D eigenvalue weighted by molar-refractivity contribution is 6.05. The first-order valence-electron chi connectivity index (χ1n) is 10.2. The van der Waals surface area contributed by atoms with Gasteiger partial charge in [0.1, 0.15) is 0 Å². The molecule has 0 atom stereocenters. The van der Waals surface area contributed by atoms with Crippen molar-refractivity contribution in [2.75, 3.05) is 18.4 Å². The van der Waals surface area contributed by atoms with Crippen LogP contribution < -0.4 is 5.32 Å². The van der Waals surface area contributed by atoms with Crippen LogP contribution in [0.3, 0.4) is 0 Å². The second-order valence-electron chi connectivity index (χ2n) is 8.53. The average Bonchev–Trinajstić information content (AvgIpc) is 2.96. The largest absolute Gasteiger partial charge is 0.339 e. The first kappa shape index (κ1) is 20.1. The molecule has 28 heavy (non-hydrogen) atoms. The van der Waals surface area contributed by atoms with Crippen LogP contribution in [0.15, 0.2) is 48.5 Å². The summed E-state index contributed by atoms with van der Waals surface area (Å²) in [6.45, 7) is 8.03. The molecule has 0 unspecified atom stereocenters. The van der Waals surface area contributed by atoms with Crippen molar-refractivity contribution in [1.29, 1.82) is 0 Å². The maximum atomic E-state index is 12.7. The first-order valence-corrected chi connectivity index (χ1v) is 10.2. The third-order valence-corrected chi connectivity index (χ3v) is 5.27. The van der Waals surface area contributed by atoms with Crippen LogP contribution >= 0.6 is 0 Å². The molecule has 4 heteroatoms. The molecule has 1 N–H and O–H groups in total. The normalized spacial score (nSPS) is 15.0. The van der Waals surface area contributed by atoms with Gasteiger partial charge in [0.15, 0.2) is 0 Å². The van der Waals surface area contributed by atoms with Crippen LogP contribution in [0.2, 0.25) is 0 Å². The summed E-state index contributed by atoms with van der Waals surface area (Å²) in [6.07, 6.45) is 4.52. The Kier molecular flexibility index (Phi) is 6.18. The summed E-state index contributed by atoms with van der Waals surface area (Å²) in [4.78, 5) is 27.4. The van der Waals surface area contributed by atoms with Crippen molar-refractivity contribution in [3.05, 3.63) is 65.2 Å². The van der Waals surface area contributed by atoms with Gasteiger partial charge in [0.25, 0.3) is 11.8 Å². The van der Waals surface area contributed by atoms with Crippen LogP contribution in [-0.4, -0.2) is 29.8 Å². The zero-order chi connectivity index (χ0) is 20.1. The second kappa shape index (κ2) is 8.59. The molecule has 1 aliphatic heterocycles. The lowest BCUT2D eigenvalue weighted by atomic mass is 9.86. The molecule has 1 fully saturated rings. The fourth-order valence-electron chi connectivity index (χ4n) is 3.66. The summed E-state index contributed by atoms with van der Waals surface area (Å²) < 4.78 is 0. The van der Waals surface area contributed by atoms with E-state index in [1.54, 1.807) is 24.3 Å². The van der Waals surface area contributed by atoms with E-state index in [0.717, 1.165) is 37.2 Å². The topological polar surface area (TPSA) is 49.4 Å². The van der Waals surface area contributed by atoms with E-state index in [1.165, 1.54) is 12.8 Å². The van der Waals surface area contributed by atoms with E-state index in [4.69, 9.17) is 0 Å². The van der Waals surface area contributed by atoms with Gasteiger partial charge in [-0.3, -0.25) is 9.59 Å². The minimum Gasteiger partial charge on any atom is -0.339 e. The van der Waals surface area contributed by atoms with Crippen LogP contribution in [0, 0.1) is 0 Å². The van der Waals surface area contributed by atoms with Gasteiger partial charge in [-0.05, 0) is 54.2 Å². The number of carbonyl (C=O) groups excluding carboxylic acids is 2. The van der Waals surface area contributed by atoms with Crippen molar-refractivity contribution in [2.24, 2.45) is 0 Å². The molecule has 2 amide bonds. The van der Waals surface area contributed by atoms with E-state index in [-0.39, 0.29) is 17.2 Å². The van der Waals surface area contributed by atoms with E-state index in [0.29, 0.717) is 11.1 Å². The van der Waals surface area contributed by atoms with Gasteiger partial charge < -0.3 is 10.2 Å². The lowest BCUT2D eigenvalue weighted by molar-refractivity contribution is 0.0761. The Labute approximate surface area is 167 Å². The molecule has 1 saturated heterocycles. The molecule has 0 spiro atoms. The highest BCUT2D eigenvalue weighted by Gasteiger charge is 2.20. The Morgan fingerprint density at radius 3 is 2.00 bits per heavy atom. The van der Waals surface area contributed by atoms with E-state index in [9.17, 15) is 9.59 Å². The number of anilines is 1. The molecule has 0 aliphatic carbocycles. The minimum atomic E-state index is -0.162. The van der Waals surface area contributed by atoms with Crippen LogP contribution in [0.5, 0.6) is 0 Å². The third kappa shape index (κ3) is 4.80. The van der Waals surface area contributed by atoms with E-state index in [1.807, 2.05) is 29.2 Å². The highest BCUT2D eigenvalue weighted by Crippen LogP contribution is 2.29. The number of carbonyl (C=O) groups is 2. The van der Waals surface area contributed by atoms with E-state index >= 15 is 0 Å². The van der Waals surface area contributed by atoms with Crippen molar-refractivity contribution in [2.45, 2.75) is 51.9 Å². The van der Waals surface area contributed by atoms with Gasteiger partial charge in [-0.25, -0.2) is 0 Å². The predicted molar refractivity (Wildman–Crippen MR) is 114 cm³/mol. The molecule has 3 rings (SSSR count). The van der Waals surface area contributed by atoms with Crippen molar-refractivity contribution in [3.63, 3.8) is 0 Å². The monoisotopic (exact) mass is 378 g/mol. The number of likely N-dealkylation sites (tertiary alicyclic amines) is 1. The van der Waals surface area contributed by atoms with Gasteiger partial charge in [0, 0.05) is 29.9 Å². The number of rotatable bonds is 3. The van der Waals surface area contributed by atoms with Crippen LogP contribution in [0.4, 0.5) is 5.69 Å². The molecule has 148 valence electrons. The van der Waals surface area contributed by atoms with Crippen LogP contribution in [-0.2, 0) is 5.41 Å². The Balaban J connectivity index is 1.72. The number of amides is 2. The van der Waals surface area contributed by atoms with Gasteiger partial charge in [0.05, 0.1) is 0 Å². The van der Waals surface area contributed by atoms with E-state index < -0.39 is 0 Å². The summed E-state index contributed by atoms with van der Waals surface area (Å²) in [5, 5.41) is 3.02. The third-order valence-electron chi connectivity index (χ3n) is 5.27. The van der Waals surface area contributed by atoms with Crippen molar-refractivity contribution < 1.29 is 9.59 Å². The van der Waals surface area contributed by atoms with Crippen molar-refractivity contribution in [3.8, 4) is 0 Å². The van der Waals surface area contributed by atoms with E-state index in [2.05, 4.69) is 26.1 Å². The number of para-hydroxylation sites is 1. The fourth-order valence-corrected chi connectivity index (χ4v) is 3.66. The Morgan fingerprint density at radius 1 is 0.821 bits per heavy atom. The Hall–Kier alpha value is -2.62. The molecule has 4 nitrogen and oxygen atoms in total. The number of nitrogens with one attached hydrogen (secondary N) is 1.